The summed E-state index contributed by atoms with van der Waals surface area (Å²) in [5.74, 6) is -0.161. The number of hydrogen-bond donors (Lipinski definition) is 1. The van der Waals surface area contributed by atoms with Crippen LogP contribution >= 0.6 is 0 Å². The van der Waals surface area contributed by atoms with Gasteiger partial charge in [0.2, 0.25) is 0 Å². The molecule has 0 aliphatic heterocycles. The number of benzene rings is 1. The lowest BCUT2D eigenvalue weighted by atomic mass is 10.0. The van der Waals surface area contributed by atoms with Crippen LogP contribution in [0.4, 0.5) is 0 Å². The van der Waals surface area contributed by atoms with Gasteiger partial charge in [0.25, 0.3) is 0 Å². The van der Waals surface area contributed by atoms with Gasteiger partial charge in [-0.2, -0.15) is 4.68 Å². The lowest BCUT2D eigenvalue weighted by Crippen LogP contribution is -2.20. The zero-order valence-electron chi connectivity index (χ0n) is 9.65. The fourth-order valence-electron chi connectivity index (χ4n) is 2.01. The van der Waals surface area contributed by atoms with E-state index in [9.17, 15) is 9.90 Å². The molecule has 0 atom stereocenters. The summed E-state index contributed by atoms with van der Waals surface area (Å²) >= 11 is 0. The summed E-state index contributed by atoms with van der Waals surface area (Å²) in [5, 5.41) is 20.7. The van der Waals surface area contributed by atoms with Crippen molar-refractivity contribution in [1.29, 1.82) is 0 Å². The van der Waals surface area contributed by atoms with E-state index in [0.29, 0.717) is 25.1 Å². The first-order chi connectivity index (χ1) is 8.71. The number of nitrogens with zero attached hydrogens (tertiary/aromatic N) is 4. The van der Waals surface area contributed by atoms with Gasteiger partial charge in [0.05, 0.1) is 11.1 Å². The van der Waals surface area contributed by atoms with Crippen molar-refractivity contribution in [1.82, 2.24) is 20.2 Å². The molecule has 2 aromatic rings. The van der Waals surface area contributed by atoms with Crippen LogP contribution in [0.5, 0.6) is 0 Å². The van der Waals surface area contributed by atoms with Crippen LogP contribution in [0, 0.1) is 5.41 Å². The SMILES string of the molecule is O=C(O)C1(Cc2nnnn2-c2ccccc2)CC1. The van der Waals surface area contributed by atoms with Gasteiger partial charge in [-0.15, -0.1) is 5.10 Å². The molecule has 1 aliphatic rings. The van der Waals surface area contributed by atoms with Gasteiger partial charge in [0.1, 0.15) is 0 Å². The lowest BCUT2D eigenvalue weighted by molar-refractivity contribution is -0.143. The average Bonchev–Trinajstić information content (AvgIpc) is 3.02. The van der Waals surface area contributed by atoms with Crippen LogP contribution in [0.3, 0.4) is 0 Å². The van der Waals surface area contributed by atoms with Crippen LogP contribution in [-0.2, 0) is 11.2 Å². The van der Waals surface area contributed by atoms with Crippen LogP contribution in [0.2, 0.25) is 0 Å². The Morgan fingerprint density at radius 3 is 2.67 bits per heavy atom. The normalized spacial score (nSPS) is 16.4. The van der Waals surface area contributed by atoms with E-state index >= 15 is 0 Å². The quantitative estimate of drug-likeness (QED) is 0.870. The molecule has 0 unspecified atom stereocenters. The van der Waals surface area contributed by atoms with Gasteiger partial charge in [-0.05, 0) is 35.4 Å². The fraction of sp³-hybridized carbons (Fsp3) is 0.333. The molecule has 6 nitrogen and oxygen atoms in total. The minimum Gasteiger partial charge on any atom is -0.481 e. The summed E-state index contributed by atoms with van der Waals surface area (Å²) in [6, 6.07) is 9.48. The van der Waals surface area contributed by atoms with Crippen molar-refractivity contribution in [2.45, 2.75) is 19.3 Å². The van der Waals surface area contributed by atoms with Gasteiger partial charge in [-0.25, -0.2) is 0 Å². The summed E-state index contributed by atoms with van der Waals surface area (Å²) in [6.45, 7) is 0. The Kier molecular flexibility index (Phi) is 2.36. The number of aliphatic carboxylic acids is 1. The molecule has 1 heterocycles. The highest BCUT2D eigenvalue weighted by atomic mass is 16.4. The van der Waals surface area contributed by atoms with Crippen LogP contribution < -0.4 is 0 Å². The minimum atomic E-state index is -0.759. The molecule has 0 spiro atoms. The number of carboxylic acid groups (broad SMARTS) is 1. The predicted octanol–water partition coefficient (Wildman–Crippen LogP) is 1.07. The zero-order valence-corrected chi connectivity index (χ0v) is 9.65. The van der Waals surface area contributed by atoms with Crippen molar-refractivity contribution >= 4 is 5.97 Å². The van der Waals surface area contributed by atoms with Crippen molar-refractivity contribution in [2.24, 2.45) is 5.41 Å². The van der Waals surface area contributed by atoms with Gasteiger partial charge in [0, 0.05) is 6.42 Å². The summed E-state index contributed by atoms with van der Waals surface area (Å²) in [7, 11) is 0. The first-order valence-electron chi connectivity index (χ1n) is 5.77. The maximum atomic E-state index is 11.2. The van der Waals surface area contributed by atoms with E-state index in [4.69, 9.17) is 0 Å². The molecule has 1 fully saturated rings. The van der Waals surface area contributed by atoms with Crippen LogP contribution in [0.1, 0.15) is 18.7 Å². The summed E-state index contributed by atoms with van der Waals surface area (Å²) < 4.78 is 1.60. The van der Waals surface area contributed by atoms with E-state index < -0.39 is 11.4 Å². The lowest BCUT2D eigenvalue weighted by Gasteiger charge is -2.09. The molecular formula is C12H12N4O2. The van der Waals surface area contributed by atoms with Crippen LogP contribution in [0.25, 0.3) is 5.69 Å². The molecule has 3 rings (SSSR count). The number of hydrogen-bond acceptors (Lipinski definition) is 4. The molecule has 0 amide bonds. The monoisotopic (exact) mass is 244 g/mol. The molecule has 0 radical (unpaired) electrons. The van der Waals surface area contributed by atoms with E-state index in [-0.39, 0.29) is 0 Å². The smallest absolute Gasteiger partial charge is 0.310 e. The van der Waals surface area contributed by atoms with Gasteiger partial charge in [-0.1, -0.05) is 18.2 Å². The Labute approximate surface area is 103 Å². The topological polar surface area (TPSA) is 80.9 Å². The van der Waals surface area contributed by atoms with Crippen molar-refractivity contribution in [3.05, 3.63) is 36.2 Å². The molecule has 6 heteroatoms. The fourth-order valence-corrected chi connectivity index (χ4v) is 2.01. The van der Waals surface area contributed by atoms with Crippen LogP contribution in [-0.4, -0.2) is 31.3 Å². The third kappa shape index (κ3) is 1.75. The van der Waals surface area contributed by atoms with E-state index in [1.165, 1.54) is 0 Å². The van der Waals surface area contributed by atoms with Gasteiger partial charge in [0.15, 0.2) is 5.82 Å². The highest BCUT2D eigenvalue weighted by Crippen LogP contribution is 2.48. The average molecular weight is 244 g/mol. The summed E-state index contributed by atoms with van der Waals surface area (Å²) in [5.41, 5.74) is 0.194. The van der Waals surface area contributed by atoms with Crippen molar-refractivity contribution < 1.29 is 9.90 Å². The third-order valence-electron chi connectivity index (χ3n) is 3.34. The third-order valence-corrected chi connectivity index (χ3v) is 3.34. The second-order valence-corrected chi connectivity index (χ2v) is 4.60. The molecule has 1 aliphatic carbocycles. The molecule has 0 bridgehead atoms. The van der Waals surface area contributed by atoms with Crippen LogP contribution in [0.15, 0.2) is 30.3 Å². The van der Waals surface area contributed by atoms with Gasteiger partial charge >= 0.3 is 5.97 Å². The second kappa shape index (κ2) is 3.90. The number of para-hydroxylation sites is 1. The Morgan fingerprint density at radius 2 is 2.06 bits per heavy atom. The molecular weight excluding hydrogens is 232 g/mol. The maximum absolute atomic E-state index is 11.2. The second-order valence-electron chi connectivity index (χ2n) is 4.60. The summed E-state index contributed by atoms with van der Waals surface area (Å²) in [6.07, 6.45) is 1.78. The number of carbonyl (C=O) groups is 1. The Hall–Kier alpha value is -2.24. The number of rotatable bonds is 4. The van der Waals surface area contributed by atoms with E-state index in [1.54, 1.807) is 4.68 Å². The molecule has 18 heavy (non-hydrogen) atoms. The highest BCUT2D eigenvalue weighted by molar-refractivity contribution is 5.78. The minimum absolute atomic E-state index is 0.379. The first kappa shape index (κ1) is 10.9. The standard InChI is InChI=1S/C12H12N4O2/c17-11(18)12(6-7-12)8-10-13-14-15-16(10)9-4-2-1-3-5-9/h1-5H,6-8H2,(H,17,18). The molecule has 1 saturated carbocycles. The number of aromatic nitrogens is 4. The Bertz CT molecular complexity index is 575. The Balaban J connectivity index is 1.91. The summed E-state index contributed by atoms with van der Waals surface area (Å²) in [4.78, 5) is 11.2. The van der Waals surface area contributed by atoms with Gasteiger partial charge in [-0.3, -0.25) is 4.79 Å². The van der Waals surface area contributed by atoms with E-state index in [1.807, 2.05) is 30.3 Å². The Morgan fingerprint density at radius 1 is 1.33 bits per heavy atom. The maximum Gasteiger partial charge on any atom is 0.310 e. The molecule has 92 valence electrons. The highest BCUT2D eigenvalue weighted by Gasteiger charge is 2.51. The van der Waals surface area contributed by atoms with Gasteiger partial charge < -0.3 is 5.11 Å². The van der Waals surface area contributed by atoms with E-state index in [0.717, 1.165) is 5.69 Å². The van der Waals surface area contributed by atoms with Crippen molar-refractivity contribution in [3.8, 4) is 5.69 Å². The zero-order chi connectivity index (χ0) is 12.6. The van der Waals surface area contributed by atoms with E-state index in [2.05, 4.69) is 15.5 Å². The molecule has 1 aromatic heterocycles. The number of tetrazole rings is 1. The molecule has 1 N–H and O–H groups in total. The predicted molar refractivity (Wildman–Crippen MR) is 62.2 cm³/mol. The number of carboxylic acids is 1. The largest absolute Gasteiger partial charge is 0.481 e. The molecule has 1 aromatic carbocycles. The van der Waals surface area contributed by atoms with Crippen molar-refractivity contribution in [3.63, 3.8) is 0 Å². The van der Waals surface area contributed by atoms with Crippen molar-refractivity contribution in [2.75, 3.05) is 0 Å². The molecule has 0 saturated heterocycles. The first-order valence-corrected chi connectivity index (χ1v) is 5.77.